The lowest BCUT2D eigenvalue weighted by Crippen LogP contribution is -2.06. The van der Waals surface area contributed by atoms with Gasteiger partial charge in [-0.3, -0.25) is 0 Å². The molecule has 0 unspecified atom stereocenters. The SMILES string of the molecule is COc1ccc(C(=O)OCc2cn3cc(C)ccc3n2)cc1F. The van der Waals surface area contributed by atoms with E-state index in [-0.39, 0.29) is 17.9 Å². The van der Waals surface area contributed by atoms with Gasteiger partial charge in [-0.25, -0.2) is 14.2 Å². The molecule has 0 aliphatic rings. The van der Waals surface area contributed by atoms with Crippen LogP contribution in [0, 0.1) is 12.7 Å². The highest BCUT2D eigenvalue weighted by atomic mass is 19.1. The van der Waals surface area contributed by atoms with Crippen LogP contribution >= 0.6 is 0 Å². The van der Waals surface area contributed by atoms with E-state index < -0.39 is 11.8 Å². The van der Waals surface area contributed by atoms with E-state index in [2.05, 4.69) is 4.98 Å². The molecule has 2 heterocycles. The molecule has 0 bridgehead atoms. The summed E-state index contributed by atoms with van der Waals surface area (Å²) in [5.41, 5.74) is 2.63. The summed E-state index contributed by atoms with van der Waals surface area (Å²) in [6, 6.07) is 7.78. The monoisotopic (exact) mass is 314 g/mol. The van der Waals surface area contributed by atoms with E-state index in [1.54, 1.807) is 6.20 Å². The van der Waals surface area contributed by atoms with Gasteiger partial charge in [-0.15, -0.1) is 0 Å². The van der Waals surface area contributed by atoms with E-state index in [4.69, 9.17) is 9.47 Å². The molecule has 2 aromatic heterocycles. The number of carbonyl (C=O) groups is 1. The van der Waals surface area contributed by atoms with Crippen LogP contribution in [0.5, 0.6) is 5.75 Å². The number of aromatic nitrogens is 2. The van der Waals surface area contributed by atoms with Gasteiger partial charge < -0.3 is 13.9 Å². The lowest BCUT2D eigenvalue weighted by atomic mass is 10.2. The molecular formula is C17H15FN2O3. The number of hydrogen-bond acceptors (Lipinski definition) is 4. The fourth-order valence-electron chi connectivity index (χ4n) is 2.24. The van der Waals surface area contributed by atoms with Crippen molar-refractivity contribution in [3.05, 3.63) is 65.4 Å². The quantitative estimate of drug-likeness (QED) is 0.694. The summed E-state index contributed by atoms with van der Waals surface area (Å²) in [5.74, 6) is -1.14. The van der Waals surface area contributed by atoms with Crippen LogP contribution in [0.2, 0.25) is 0 Å². The van der Waals surface area contributed by atoms with E-state index in [1.165, 1.54) is 19.2 Å². The van der Waals surface area contributed by atoms with Crippen LogP contribution in [0.25, 0.3) is 5.65 Å². The van der Waals surface area contributed by atoms with Crippen molar-refractivity contribution in [1.82, 2.24) is 9.38 Å². The Hall–Kier alpha value is -2.89. The second kappa shape index (κ2) is 6.08. The van der Waals surface area contributed by atoms with Gasteiger partial charge in [-0.05, 0) is 36.8 Å². The minimum Gasteiger partial charge on any atom is -0.494 e. The molecule has 0 N–H and O–H groups in total. The highest BCUT2D eigenvalue weighted by molar-refractivity contribution is 5.89. The molecule has 5 nitrogen and oxygen atoms in total. The molecule has 0 aliphatic heterocycles. The van der Waals surface area contributed by atoms with Gasteiger partial charge in [0.15, 0.2) is 11.6 Å². The average Bonchev–Trinajstić information content (AvgIpc) is 2.94. The Morgan fingerprint density at radius 1 is 1.26 bits per heavy atom. The fourth-order valence-corrected chi connectivity index (χ4v) is 2.24. The van der Waals surface area contributed by atoms with Crippen molar-refractivity contribution >= 4 is 11.6 Å². The molecule has 0 amide bonds. The number of hydrogen-bond donors (Lipinski definition) is 0. The Morgan fingerprint density at radius 2 is 2.09 bits per heavy atom. The predicted octanol–water partition coefficient (Wildman–Crippen LogP) is 3.15. The van der Waals surface area contributed by atoms with Gasteiger partial charge >= 0.3 is 5.97 Å². The van der Waals surface area contributed by atoms with Crippen LogP contribution in [0.15, 0.2) is 42.7 Å². The molecule has 3 rings (SSSR count). The Balaban J connectivity index is 1.71. The number of nitrogens with zero attached hydrogens (tertiary/aromatic N) is 2. The second-order valence-corrected chi connectivity index (χ2v) is 5.13. The van der Waals surface area contributed by atoms with Crippen LogP contribution in [-0.4, -0.2) is 22.5 Å². The normalized spacial score (nSPS) is 10.7. The molecule has 6 heteroatoms. The zero-order chi connectivity index (χ0) is 16.4. The molecule has 0 radical (unpaired) electrons. The van der Waals surface area contributed by atoms with Crippen LogP contribution in [0.1, 0.15) is 21.6 Å². The molecule has 0 aliphatic carbocycles. The number of halogens is 1. The van der Waals surface area contributed by atoms with Gasteiger partial charge in [0.2, 0.25) is 0 Å². The number of carbonyl (C=O) groups excluding carboxylic acids is 1. The summed E-state index contributed by atoms with van der Waals surface area (Å²) >= 11 is 0. The minimum absolute atomic E-state index is 0.0210. The zero-order valence-corrected chi connectivity index (χ0v) is 12.7. The molecule has 0 atom stereocenters. The van der Waals surface area contributed by atoms with Gasteiger partial charge in [0, 0.05) is 12.4 Å². The first-order valence-corrected chi connectivity index (χ1v) is 7.02. The molecule has 0 fully saturated rings. The zero-order valence-electron chi connectivity index (χ0n) is 12.7. The maximum Gasteiger partial charge on any atom is 0.338 e. The predicted molar refractivity (Wildman–Crippen MR) is 82.0 cm³/mol. The summed E-state index contributed by atoms with van der Waals surface area (Å²) < 4.78 is 25.5. The third-order valence-electron chi connectivity index (χ3n) is 3.39. The van der Waals surface area contributed by atoms with Gasteiger partial charge in [0.25, 0.3) is 0 Å². The largest absolute Gasteiger partial charge is 0.494 e. The van der Waals surface area contributed by atoms with E-state index in [0.29, 0.717) is 5.69 Å². The van der Waals surface area contributed by atoms with Gasteiger partial charge in [-0.2, -0.15) is 0 Å². The van der Waals surface area contributed by atoms with E-state index >= 15 is 0 Å². The lowest BCUT2D eigenvalue weighted by Gasteiger charge is -2.05. The van der Waals surface area contributed by atoms with Crippen molar-refractivity contribution in [1.29, 1.82) is 0 Å². The lowest BCUT2D eigenvalue weighted by molar-refractivity contribution is 0.0467. The molecule has 0 saturated heterocycles. The maximum absolute atomic E-state index is 13.6. The average molecular weight is 314 g/mol. The first-order chi connectivity index (χ1) is 11.1. The van der Waals surface area contributed by atoms with E-state index in [0.717, 1.165) is 17.3 Å². The first kappa shape index (κ1) is 15.0. The number of rotatable bonds is 4. The molecule has 3 aromatic rings. The Morgan fingerprint density at radius 3 is 2.83 bits per heavy atom. The molecule has 1 aromatic carbocycles. The molecule has 23 heavy (non-hydrogen) atoms. The topological polar surface area (TPSA) is 52.8 Å². The van der Waals surface area contributed by atoms with E-state index in [1.807, 2.05) is 29.7 Å². The summed E-state index contributed by atoms with van der Waals surface area (Å²) in [7, 11) is 1.36. The Kier molecular flexibility index (Phi) is 3.97. The summed E-state index contributed by atoms with van der Waals surface area (Å²) in [4.78, 5) is 16.3. The minimum atomic E-state index is -0.611. The smallest absolute Gasteiger partial charge is 0.338 e. The first-order valence-electron chi connectivity index (χ1n) is 7.02. The van der Waals surface area contributed by atoms with Crippen LogP contribution in [0.3, 0.4) is 0 Å². The number of pyridine rings is 1. The van der Waals surface area contributed by atoms with Crippen LogP contribution in [0.4, 0.5) is 4.39 Å². The number of fused-ring (bicyclic) bond motifs is 1. The van der Waals surface area contributed by atoms with Crippen molar-refractivity contribution in [2.45, 2.75) is 13.5 Å². The highest BCUT2D eigenvalue weighted by Gasteiger charge is 2.12. The molecule has 0 spiro atoms. The fraction of sp³-hybridized carbons (Fsp3) is 0.176. The standard InChI is InChI=1S/C17H15FN2O3/c1-11-3-6-16-19-13(9-20(16)8-11)10-23-17(21)12-4-5-15(22-2)14(18)7-12/h3-9H,10H2,1-2H3. The number of esters is 1. The van der Waals surface area contributed by atoms with Crippen molar-refractivity contribution in [3.8, 4) is 5.75 Å². The van der Waals surface area contributed by atoms with Gasteiger partial charge in [-0.1, -0.05) is 6.07 Å². The van der Waals surface area contributed by atoms with Crippen molar-refractivity contribution < 1.29 is 18.7 Å². The maximum atomic E-state index is 13.6. The van der Waals surface area contributed by atoms with Crippen molar-refractivity contribution in [3.63, 3.8) is 0 Å². The summed E-state index contributed by atoms with van der Waals surface area (Å²) in [6.45, 7) is 2.00. The third kappa shape index (κ3) is 3.15. The molecular weight excluding hydrogens is 299 g/mol. The molecule has 0 saturated carbocycles. The van der Waals surface area contributed by atoms with E-state index in [9.17, 15) is 9.18 Å². The Bertz CT molecular complexity index is 873. The Labute approximate surface area is 132 Å². The van der Waals surface area contributed by atoms with Crippen LogP contribution < -0.4 is 4.74 Å². The number of aryl methyl sites for hydroxylation is 1. The highest BCUT2D eigenvalue weighted by Crippen LogP contribution is 2.18. The second-order valence-electron chi connectivity index (χ2n) is 5.13. The number of benzene rings is 1. The van der Waals surface area contributed by atoms with Gasteiger partial charge in [0.1, 0.15) is 12.3 Å². The summed E-state index contributed by atoms with van der Waals surface area (Å²) in [5, 5.41) is 0. The van der Waals surface area contributed by atoms with Gasteiger partial charge in [0.05, 0.1) is 18.4 Å². The van der Waals surface area contributed by atoms with Crippen LogP contribution in [-0.2, 0) is 11.3 Å². The number of methoxy groups -OCH3 is 1. The number of imidazole rings is 1. The van der Waals surface area contributed by atoms with Crippen molar-refractivity contribution in [2.24, 2.45) is 0 Å². The summed E-state index contributed by atoms with van der Waals surface area (Å²) in [6.07, 6.45) is 3.73. The number of ether oxygens (including phenoxy) is 2. The third-order valence-corrected chi connectivity index (χ3v) is 3.39. The molecule has 118 valence electrons. The van der Waals surface area contributed by atoms with Crippen molar-refractivity contribution in [2.75, 3.05) is 7.11 Å².